The molecule has 0 radical (unpaired) electrons. The molecule has 0 amide bonds. The molecule has 2 heterocycles. The fourth-order valence-electron chi connectivity index (χ4n) is 2.78. The third-order valence-corrected chi connectivity index (χ3v) is 3.86. The second kappa shape index (κ2) is 5.45. The van der Waals surface area contributed by atoms with Crippen molar-refractivity contribution in [3.05, 3.63) is 0 Å². The van der Waals surface area contributed by atoms with E-state index in [1.807, 2.05) is 0 Å². The van der Waals surface area contributed by atoms with Gasteiger partial charge in [0.05, 0.1) is 12.2 Å². The highest BCUT2D eigenvalue weighted by molar-refractivity contribution is 4.92. The van der Waals surface area contributed by atoms with Crippen molar-refractivity contribution in [2.45, 2.75) is 37.3 Å². The van der Waals surface area contributed by atoms with Crippen molar-refractivity contribution in [2.75, 3.05) is 33.5 Å². The van der Waals surface area contributed by atoms with Crippen LogP contribution in [0.2, 0.25) is 0 Å². The summed E-state index contributed by atoms with van der Waals surface area (Å²) >= 11 is 0. The molecule has 2 fully saturated rings. The Morgan fingerprint density at radius 1 is 1.50 bits per heavy atom. The Kier molecular flexibility index (Phi) is 4.19. The quantitative estimate of drug-likeness (QED) is 0.779. The Morgan fingerprint density at radius 2 is 2.38 bits per heavy atom. The number of methoxy groups -OCH3 is 1. The van der Waals surface area contributed by atoms with Crippen LogP contribution >= 0.6 is 0 Å². The molecule has 4 heteroatoms. The largest absolute Gasteiger partial charge is 0.385 e. The Labute approximate surface area is 97.4 Å². The van der Waals surface area contributed by atoms with E-state index in [1.54, 1.807) is 7.11 Å². The third kappa shape index (κ3) is 2.74. The Bertz CT molecular complexity index is 216. The number of ether oxygens (including phenoxy) is 3. The van der Waals surface area contributed by atoms with E-state index in [1.165, 1.54) is 0 Å². The lowest BCUT2D eigenvalue weighted by Crippen LogP contribution is -2.46. The monoisotopic (exact) mass is 229 g/mol. The number of hydrogen-bond acceptors (Lipinski definition) is 4. The molecule has 3 atom stereocenters. The zero-order valence-electron chi connectivity index (χ0n) is 10.1. The van der Waals surface area contributed by atoms with Crippen LogP contribution < -0.4 is 5.73 Å². The molecule has 0 aliphatic carbocycles. The van der Waals surface area contributed by atoms with Crippen molar-refractivity contribution in [1.29, 1.82) is 0 Å². The zero-order chi connectivity index (χ0) is 11.4. The van der Waals surface area contributed by atoms with E-state index in [0.717, 1.165) is 52.1 Å². The van der Waals surface area contributed by atoms with Gasteiger partial charge in [-0.15, -0.1) is 0 Å². The minimum absolute atomic E-state index is 0.0202. The first kappa shape index (κ1) is 12.3. The van der Waals surface area contributed by atoms with Crippen molar-refractivity contribution < 1.29 is 14.2 Å². The van der Waals surface area contributed by atoms with Crippen molar-refractivity contribution in [1.82, 2.24) is 0 Å². The van der Waals surface area contributed by atoms with Crippen LogP contribution in [0.3, 0.4) is 0 Å². The summed E-state index contributed by atoms with van der Waals surface area (Å²) in [6, 6.07) is 0.237. The van der Waals surface area contributed by atoms with Crippen LogP contribution in [0.1, 0.15) is 25.7 Å². The molecule has 0 bridgehead atoms. The minimum atomic E-state index is -0.0202. The van der Waals surface area contributed by atoms with E-state index in [4.69, 9.17) is 19.9 Å². The van der Waals surface area contributed by atoms with Crippen LogP contribution in [0, 0.1) is 5.92 Å². The first-order valence-electron chi connectivity index (χ1n) is 6.22. The van der Waals surface area contributed by atoms with E-state index in [-0.39, 0.29) is 11.6 Å². The molecular weight excluding hydrogens is 206 g/mol. The summed E-state index contributed by atoms with van der Waals surface area (Å²) in [4.78, 5) is 0. The minimum Gasteiger partial charge on any atom is -0.385 e. The zero-order valence-corrected chi connectivity index (χ0v) is 10.1. The molecule has 3 unspecified atom stereocenters. The smallest absolute Gasteiger partial charge is 0.0939 e. The van der Waals surface area contributed by atoms with E-state index in [2.05, 4.69) is 0 Å². The van der Waals surface area contributed by atoms with Gasteiger partial charge in [0.25, 0.3) is 0 Å². The van der Waals surface area contributed by atoms with Gasteiger partial charge in [-0.1, -0.05) is 0 Å². The molecular formula is C12H23NO3. The fourth-order valence-corrected chi connectivity index (χ4v) is 2.78. The third-order valence-electron chi connectivity index (χ3n) is 3.86. The van der Waals surface area contributed by atoms with Gasteiger partial charge in [0.15, 0.2) is 0 Å². The van der Waals surface area contributed by atoms with Gasteiger partial charge in [0.1, 0.15) is 0 Å². The molecule has 0 aromatic heterocycles. The SMILES string of the molecule is COCCC(N)C1CCOC2(CCOC2)C1. The van der Waals surface area contributed by atoms with E-state index in [0.29, 0.717) is 5.92 Å². The highest BCUT2D eigenvalue weighted by Crippen LogP contribution is 2.37. The summed E-state index contributed by atoms with van der Waals surface area (Å²) in [6.07, 6.45) is 4.10. The van der Waals surface area contributed by atoms with Gasteiger partial charge in [-0.05, 0) is 25.2 Å². The van der Waals surface area contributed by atoms with Crippen LogP contribution in [0.25, 0.3) is 0 Å². The summed E-state index contributed by atoms with van der Waals surface area (Å²) < 4.78 is 16.4. The molecule has 1 spiro atoms. The van der Waals surface area contributed by atoms with E-state index >= 15 is 0 Å². The second-order valence-electron chi connectivity index (χ2n) is 5.03. The van der Waals surface area contributed by atoms with Gasteiger partial charge in [-0.3, -0.25) is 0 Å². The van der Waals surface area contributed by atoms with Crippen LogP contribution in [0.5, 0.6) is 0 Å². The Hall–Kier alpha value is -0.160. The number of nitrogens with two attached hydrogens (primary N) is 1. The molecule has 0 aromatic rings. The van der Waals surface area contributed by atoms with Crippen LogP contribution in [0.4, 0.5) is 0 Å². The molecule has 2 N–H and O–H groups in total. The van der Waals surface area contributed by atoms with Crippen molar-refractivity contribution in [2.24, 2.45) is 11.7 Å². The molecule has 2 aliphatic heterocycles. The Morgan fingerprint density at radius 3 is 3.06 bits per heavy atom. The molecule has 2 aliphatic rings. The molecule has 0 saturated carbocycles. The molecule has 2 saturated heterocycles. The van der Waals surface area contributed by atoms with Gasteiger partial charge < -0.3 is 19.9 Å². The van der Waals surface area contributed by atoms with E-state index in [9.17, 15) is 0 Å². The summed E-state index contributed by atoms with van der Waals surface area (Å²) in [5.41, 5.74) is 6.19. The van der Waals surface area contributed by atoms with Crippen molar-refractivity contribution >= 4 is 0 Å². The van der Waals surface area contributed by atoms with Gasteiger partial charge in [-0.25, -0.2) is 0 Å². The number of rotatable bonds is 4. The van der Waals surface area contributed by atoms with Gasteiger partial charge in [-0.2, -0.15) is 0 Å². The van der Waals surface area contributed by atoms with Crippen molar-refractivity contribution in [3.63, 3.8) is 0 Å². The molecule has 94 valence electrons. The fraction of sp³-hybridized carbons (Fsp3) is 1.00. The van der Waals surface area contributed by atoms with Gasteiger partial charge >= 0.3 is 0 Å². The lowest BCUT2D eigenvalue weighted by Gasteiger charge is -2.39. The maximum Gasteiger partial charge on any atom is 0.0939 e. The predicted octanol–water partition coefficient (Wildman–Crippen LogP) is 0.936. The molecule has 16 heavy (non-hydrogen) atoms. The standard InChI is InChI=1S/C12H23NO3/c1-14-5-3-11(13)10-2-6-16-12(8-10)4-7-15-9-12/h10-11H,2-9,13H2,1H3. The first-order valence-corrected chi connectivity index (χ1v) is 6.22. The maximum atomic E-state index is 6.21. The summed E-state index contributed by atoms with van der Waals surface area (Å²) in [5, 5.41) is 0. The van der Waals surface area contributed by atoms with Crippen LogP contribution in [0.15, 0.2) is 0 Å². The van der Waals surface area contributed by atoms with Crippen LogP contribution in [-0.2, 0) is 14.2 Å². The Balaban J connectivity index is 1.85. The highest BCUT2D eigenvalue weighted by atomic mass is 16.6. The number of hydrogen-bond donors (Lipinski definition) is 1. The van der Waals surface area contributed by atoms with Crippen molar-refractivity contribution in [3.8, 4) is 0 Å². The normalized spacial score (nSPS) is 36.8. The lowest BCUT2D eigenvalue weighted by molar-refractivity contribution is -0.102. The van der Waals surface area contributed by atoms with E-state index < -0.39 is 0 Å². The molecule has 2 rings (SSSR count). The van der Waals surface area contributed by atoms with Gasteiger partial charge in [0.2, 0.25) is 0 Å². The highest BCUT2D eigenvalue weighted by Gasteiger charge is 2.42. The molecule has 0 aromatic carbocycles. The van der Waals surface area contributed by atoms with Crippen LogP contribution in [-0.4, -0.2) is 45.2 Å². The summed E-state index contributed by atoms with van der Waals surface area (Å²) in [5.74, 6) is 0.561. The predicted molar refractivity (Wildman–Crippen MR) is 61.3 cm³/mol. The summed E-state index contributed by atoms with van der Waals surface area (Å²) in [7, 11) is 1.73. The second-order valence-corrected chi connectivity index (χ2v) is 5.03. The average molecular weight is 229 g/mol. The average Bonchev–Trinajstić information content (AvgIpc) is 2.74. The van der Waals surface area contributed by atoms with Gasteiger partial charge in [0, 0.05) is 39.4 Å². The topological polar surface area (TPSA) is 53.7 Å². The maximum absolute atomic E-state index is 6.21. The lowest BCUT2D eigenvalue weighted by atomic mass is 9.80. The summed E-state index contributed by atoms with van der Waals surface area (Å²) in [6.45, 7) is 3.16. The molecule has 4 nitrogen and oxygen atoms in total. The first-order chi connectivity index (χ1) is 7.76.